The molecular weight excluding hydrogens is 652 g/mol. The van der Waals surface area contributed by atoms with Gasteiger partial charge >= 0.3 is 12.2 Å². The highest BCUT2D eigenvalue weighted by molar-refractivity contribution is 5.93. The van der Waals surface area contributed by atoms with Crippen molar-refractivity contribution < 1.29 is 34.3 Å². The fourth-order valence-corrected chi connectivity index (χ4v) is 6.36. The minimum absolute atomic E-state index is 0.0399. The normalized spacial score (nSPS) is 18.1. The van der Waals surface area contributed by atoms with Crippen LogP contribution in [0.2, 0.25) is 0 Å². The van der Waals surface area contributed by atoms with Crippen molar-refractivity contribution >= 4 is 23.7 Å². The summed E-state index contributed by atoms with van der Waals surface area (Å²) in [4.78, 5) is 50.0. The molecular formula is C38H60N6O7. The van der Waals surface area contributed by atoms with Crippen molar-refractivity contribution in [3.63, 3.8) is 0 Å². The molecule has 0 unspecified atom stereocenters. The molecule has 2 aliphatic heterocycles. The molecule has 2 atom stereocenters. The van der Waals surface area contributed by atoms with Crippen LogP contribution in [0.25, 0.3) is 0 Å². The average Bonchev–Trinajstić information content (AvgIpc) is 3.02. The van der Waals surface area contributed by atoms with E-state index >= 15 is 0 Å². The van der Waals surface area contributed by atoms with Crippen LogP contribution >= 0.6 is 0 Å². The Morgan fingerprint density at radius 3 is 1.55 bits per heavy atom. The number of oxime groups is 1. The summed E-state index contributed by atoms with van der Waals surface area (Å²) < 4.78 is 11.0. The summed E-state index contributed by atoms with van der Waals surface area (Å²) in [5.74, 6) is 3.54. The van der Waals surface area contributed by atoms with E-state index in [1.807, 2.05) is 93.5 Å². The van der Waals surface area contributed by atoms with Gasteiger partial charge in [-0.1, -0.05) is 5.16 Å². The third kappa shape index (κ3) is 14.6. The van der Waals surface area contributed by atoms with Gasteiger partial charge in [0, 0.05) is 42.3 Å². The van der Waals surface area contributed by atoms with Crippen molar-refractivity contribution in [2.45, 2.75) is 144 Å². The number of carbonyl (C=O) groups excluding carboxylic acids is 3. The summed E-state index contributed by atoms with van der Waals surface area (Å²) in [6.45, 7) is 20.1. The Morgan fingerprint density at radius 1 is 0.725 bits per heavy atom. The molecule has 4 heterocycles. The molecule has 0 bridgehead atoms. The number of nitrogens with two attached hydrogens (primary N) is 1. The molecule has 2 saturated heterocycles. The predicted molar refractivity (Wildman–Crippen MR) is 196 cm³/mol. The van der Waals surface area contributed by atoms with Gasteiger partial charge in [0.15, 0.2) is 5.78 Å². The van der Waals surface area contributed by atoms with Crippen LogP contribution < -0.4 is 5.90 Å². The molecule has 13 heteroatoms. The Bertz CT molecular complexity index is 1460. The van der Waals surface area contributed by atoms with Gasteiger partial charge < -0.3 is 19.9 Å². The molecule has 284 valence electrons. The second-order valence-electron chi connectivity index (χ2n) is 15.3. The number of hydrogen-bond donors (Lipinski definition) is 3. The maximum Gasteiger partial charge on any atom is 0.410 e. The zero-order valence-electron chi connectivity index (χ0n) is 32.3. The molecule has 51 heavy (non-hydrogen) atoms. The highest BCUT2D eigenvalue weighted by Crippen LogP contribution is 2.24. The molecule has 2 aromatic heterocycles. The maximum atomic E-state index is 12.8. The average molecular weight is 713 g/mol. The summed E-state index contributed by atoms with van der Waals surface area (Å²) in [5, 5.41) is 19.6. The van der Waals surface area contributed by atoms with Crippen molar-refractivity contribution in [3.8, 4) is 0 Å². The van der Waals surface area contributed by atoms with E-state index in [1.54, 1.807) is 9.80 Å². The molecule has 0 aromatic carbocycles. The van der Waals surface area contributed by atoms with Crippen molar-refractivity contribution in [2.75, 3.05) is 13.1 Å². The lowest BCUT2D eigenvalue weighted by molar-refractivity contribution is -0.124. The first-order valence-electron chi connectivity index (χ1n) is 17.7. The quantitative estimate of drug-likeness (QED) is 0.164. The molecule has 0 radical (unpaired) electrons. The van der Waals surface area contributed by atoms with Crippen LogP contribution in [0.15, 0.2) is 29.4 Å². The Labute approximate surface area is 303 Å². The zero-order chi connectivity index (χ0) is 38.5. The van der Waals surface area contributed by atoms with E-state index in [9.17, 15) is 19.6 Å². The Hall–Kier alpha value is -4.10. The first kappa shape index (κ1) is 43.1. The number of Topliss-reactive ketones (excluding diaryl/α,β-unsaturated/α-hetero) is 1. The number of hydrogen-bond acceptors (Lipinski definition) is 11. The standard InChI is InChI=1S/C19H29N3O3.C19H28N2O3.H3NO/c1-13-10-14(2)20-15(11-13)12-16(21-24)17-8-6-7-9-22(17)18(23)25-19(3,4)5;1-13-10-14(2)20-15(11-13)12-17(22)16-8-6-7-9-21(16)18(23)24-19(3,4)5;1-2/h10-11,17,24H,6-9,12H2,1-5H3;10-11,16H,6-9,12H2,1-5H3;2H,1H2/t17-;16-;/m00./s1. The largest absolute Gasteiger partial charge is 0.444 e. The number of aromatic nitrogens is 2. The Morgan fingerprint density at radius 2 is 1.14 bits per heavy atom. The molecule has 13 nitrogen and oxygen atoms in total. The van der Waals surface area contributed by atoms with Crippen LogP contribution in [0.1, 0.15) is 114 Å². The number of pyridine rings is 2. The van der Waals surface area contributed by atoms with Gasteiger partial charge in [0.2, 0.25) is 0 Å². The lowest BCUT2D eigenvalue weighted by Gasteiger charge is -2.37. The van der Waals surface area contributed by atoms with Crippen molar-refractivity contribution in [2.24, 2.45) is 11.1 Å². The summed E-state index contributed by atoms with van der Waals surface area (Å²) in [7, 11) is 0. The zero-order valence-corrected chi connectivity index (χ0v) is 32.3. The van der Waals surface area contributed by atoms with Crippen molar-refractivity contribution in [1.29, 1.82) is 0 Å². The van der Waals surface area contributed by atoms with Crippen LogP contribution in [-0.4, -0.2) is 90.2 Å². The lowest BCUT2D eigenvalue weighted by atomic mass is 9.95. The van der Waals surface area contributed by atoms with Crippen molar-refractivity contribution in [1.82, 2.24) is 19.8 Å². The van der Waals surface area contributed by atoms with E-state index in [4.69, 9.17) is 14.7 Å². The van der Waals surface area contributed by atoms with Gasteiger partial charge in [0.05, 0.1) is 24.2 Å². The highest BCUT2D eigenvalue weighted by atomic mass is 16.6. The van der Waals surface area contributed by atoms with E-state index in [-0.39, 0.29) is 24.3 Å². The first-order chi connectivity index (χ1) is 23.8. The second kappa shape index (κ2) is 19.5. The van der Waals surface area contributed by atoms with E-state index in [1.165, 1.54) is 0 Å². The number of amides is 2. The SMILES string of the molecule is Cc1cc(C)nc(CC(=NO)[C@@H]2CCCCN2C(=O)OC(C)(C)C)c1.Cc1cc(C)nc(CC(=O)[C@@H]2CCCCN2C(=O)OC(C)(C)C)c1.NO. The third-order valence-electron chi connectivity index (χ3n) is 8.17. The van der Waals surface area contributed by atoms with Crippen LogP contribution in [0.3, 0.4) is 0 Å². The maximum absolute atomic E-state index is 12.8. The van der Waals surface area contributed by atoms with Gasteiger partial charge in [-0.2, -0.15) is 0 Å². The smallest absolute Gasteiger partial charge is 0.410 e. The third-order valence-corrected chi connectivity index (χ3v) is 8.17. The number of aryl methyl sites for hydroxylation is 4. The van der Waals surface area contributed by atoms with Crippen molar-refractivity contribution in [3.05, 3.63) is 58.2 Å². The Balaban J connectivity index is 0.000000337. The van der Waals surface area contributed by atoms with Crippen LogP contribution in [-0.2, 0) is 27.1 Å². The van der Waals surface area contributed by atoms with Gasteiger partial charge in [-0.05, 0) is 143 Å². The molecule has 4 rings (SSSR count). The molecule has 0 saturated carbocycles. The van der Waals surface area contributed by atoms with E-state index in [2.05, 4.69) is 21.0 Å². The fraction of sp³-hybridized carbons (Fsp3) is 0.632. The molecule has 2 amide bonds. The van der Waals surface area contributed by atoms with Gasteiger partial charge in [-0.15, -0.1) is 0 Å². The molecule has 2 fully saturated rings. The van der Waals surface area contributed by atoms with E-state index < -0.39 is 23.3 Å². The number of piperidine rings is 2. The van der Waals surface area contributed by atoms with Gasteiger partial charge in [-0.3, -0.25) is 24.6 Å². The highest BCUT2D eigenvalue weighted by Gasteiger charge is 2.35. The van der Waals surface area contributed by atoms with Gasteiger partial charge in [-0.25, -0.2) is 15.5 Å². The minimum Gasteiger partial charge on any atom is -0.444 e. The molecule has 0 aliphatic carbocycles. The topological polar surface area (TPSA) is 181 Å². The monoisotopic (exact) mass is 712 g/mol. The van der Waals surface area contributed by atoms with Crippen LogP contribution in [0.4, 0.5) is 9.59 Å². The van der Waals surface area contributed by atoms with Gasteiger partial charge in [0.1, 0.15) is 11.2 Å². The number of rotatable bonds is 6. The number of likely N-dealkylation sites (tertiary alicyclic amines) is 2. The molecule has 4 N–H and O–H groups in total. The summed E-state index contributed by atoms with van der Waals surface area (Å²) in [6, 6.07) is 7.26. The first-order valence-corrected chi connectivity index (χ1v) is 17.7. The Kier molecular flexibility index (Phi) is 16.5. The predicted octanol–water partition coefficient (Wildman–Crippen LogP) is 6.79. The van der Waals surface area contributed by atoms with Gasteiger partial charge in [0.25, 0.3) is 0 Å². The van der Waals surface area contributed by atoms with Crippen LogP contribution in [0.5, 0.6) is 0 Å². The lowest BCUT2D eigenvalue weighted by Crippen LogP contribution is -2.50. The number of ketones is 1. The van der Waals surface area contributed by atoms with E-state index in [0.717, 1.165) is 66.0 Å². The summed E-state index contributed by atoms with van der Waals surface area (Å²) in [6.07, 6.45) is 5.17. The second-order valence-corrected chi connectivity index (χ2v) is 15.3. The number of carbonyl (C=O) groups is 3. The molecule has 0 spiro atoms. The minimum atomic E-state index is -0.558. The molecule has 2 aliphatic rings. The van der Waals surface area contributed by atoms with Crippen LogP contribution in [0, 0.1) is 27.7 Å². The molecule has 2 aromatic rings. The number of ether oxygens (including phenoxy) is 2. The van der Waals surface area contributed by atoms with E-state index in [0.29, 0.717) is 31.6 Å². The number of nitrogens with zero attached hydrogens (tertiary/aromatic N) is 5. The fourth-order valence-electron chi connectivity index (χ4n) is 6.36. The summed E-state index contributed by atoms with van der Waals surface area (Å²) in [5.41, 5.74) is 5.12. The summed E-state index contributed by atoms with van der Waals surface area (Å²) >= 11 is 0.